The van der Waals surface area contributed by atoms with Crippen molar-refractivity contribution >= 4 is 27.3 Å². The average molecular weight is 497 g/mol. The van der Waals surface area contributed by atoms with E-state index in [0.717, 1.165) is 5.56 Å². The number of Topliss-reactive ketones (excluding diaryl/α,β-unsaturated/α-hetero) is 1. The molecule has 0 saturated carbocycles. The number of pyridine rings is 1. The quantitative estimate of drug-likeness (QED) is 0.311. The maximum Gasteiger partial charge on any atom is 0.307 e. The van der Waals surface area contributed by atoms with Gasteiger partial charge in [0.25, 0.3) is 0 Å². The lowest BCUT2D eigenvalue weighted by Crippen LogP contribution is -2.23. The molecule has 3 aromatic rings. The smallest absolute Gasteiger partial charge is 0.307 e. The van der Waals surface area contributed by atoms with Gasteiger partial charge in [-0.1, -0.05) is 48.0 Å². The molecule has 35 heavy (non-hydrogen) atoms. The van der Waals surface area contributed by atoms with E-state index in [2.05, 4.69) is 10.3 Å². The molecule has 9 heteroatoms. The fourth-order valence-electron chi connectivity index (χ4n) is 3.48. The van der Waals surface area contributed by atoms with Gasteiger partial charge in [0.05, 0.1) is 43.0 Å². The molecule has 3 rings (SSSR count). The largest absolute Gasteiger partial charge is 0.481 e. The van der Waals surface area contributed by atoms with E-state index in [-0.39, 0.29) is 35.4 Å². The van der Waals surface area contributed by atoms with Gasteiger partial charge >= 0.3 is 5.97 Å². The lowest BCUT2D eigenvalue weighted by atomic mass is 10.1. The first-order chi connectivity index (χ1) is 16.8. The van der Waals surface area contributed by atoms with Crippen molar-refractivity contribution in [2.24, 2.45) is 0 Å². The van der Waals surface area contributed by atoms with Gasteiger partial charge in [0, 0.05) is 11.6 Å². The molecule has 0 saturated heterocycles. The first kappa shape index (κ1) is 25.9. The molecule has 1 aromatic heterocycles. The van der Waals surface area contributed by atoms with Crippen LogP contribution in [0.4, 0.5) is 5.69 Å². The number of anilines is 1. The summed E-state index contributed by atoms with van der Waals surface area (Å²) in [5, 5.41) is 1.63. The number of nitrogens with zero attached hydrogens (tertiary/aromatic N) is 1. The Kier molecular flexibility index (Phi) is 8.59. The van der Waals surface area contributed by atoms with Gasteiger partial charge in [0.2, 0.25) is 5.88 Å². The van der Waals surface area contributed by atoms with E-state index in [0.29, 0.717) is 11.3 Å². The lowest BCUT2D eigenvalue weighted by molar-refractivity contribution is -0.143. The molecule has 1 heterocycles. The SMILES string of the molecule is CCOC(=O)CC(c1nc(OC)ccc1NCC(=O)c1ccccc1)S(=O)(=O)c1ccc(C)cc1. The number of rotatable bonds is 11. The molecule has 8 nitrogen and oxygen atoms in total. The Balaban J connectivity index is 2.04. The molecule has 1 N–H and O–H groups in total. The number of ketones is 1. The van der Waals surface area contributed by atoms with Crippen molar-refractivity contribution in [2.45, 2.75) is 30.4 Å². The Morgan fingerprint density at radius 3 is 2.31 bits per heavy atom. The van der Waals surface area contributed by atoms with Crippen LogP contribution in [0.15, 0.2) is 71.6 Å². The number of carbonyl (C=O) groups is 2. The Morgan fingerprint density at radius 1 is 1.00 bits per heavy atom. The van der Waals surface area contributed by atoms with Crippen molar-refractivity contribution in [3.8, 4) is 5.88 Å². The Labute approximate surface area is 205 Å². The normalized spacial score (nSPS) is 12.0. The highest BCUT2D eigenvalue weighted by molar-refractivity contribution is 7.91. The van der Waals surface area contributed by atoms with E-state index in [1.807, 2.05) is 13.0 Å². The van der Waals surface area contributed by atoms with Gasteiger partial charge in [0.15, 0.2) is 15.6 Å². The fraction of sp³-hybridized carbons (Fsp3) is 0.269. The lowest BCUT2D eigenvalue weighted by Gasteiger charge is -2.21. The zero-order chi connectivity index (χ0) is 25.4. The monoisotopic (exact) mass is 496 g/mol. The number of sulfone groups is 1. The maximum absolute atomic E-state index is 13.7. The molecule has 0 fully saturated rings. The summed E-state index contributed by atoms with van der Waals surface area (Å²) in [6, 6.07) is 18.2. The van der Waals surface area contributed by atoms with Gasteiger partial charge in [-0.15, -0.1) is 0 Å². The van der Waals surface area contributed by atoms with Gasteiger partial charge in [-0.25, -0.2) is 13.4 Å². The topological polar surface area (TPSA) is 112 Å². The first-order valence-electron chi connectivity index (χ1n) is 11.1. The van der Waals surface area contributed by atoms with Crippen LogP contribution in [0.2, 0.25) is 0 Å². The van der Waals surface area contributed by atoms with Gasteiger partial charge in [-0.05, 0) is 32.0 Å². The molecule has 2 aromatic carbocycles. The molecule has 0 aliphatic heterocycles. The van der Waals surface area contributed by atoms with Gasteiger partial charge in [-0.3, -0.25) is 9.59 Å². The predicted octanol–water partition coefficient (Wildman–Crippen LogP) is 4.16. The van der Waals surface area contributed by atoms with Crippen LogP contribution in [-0.4, -0.2) is 45.4 Å². The summed E-state index contributed by atoms with van der Waals surface area (Å²) in [6.45, 7) is 3.51. The van der Waals surface area contributed by atoms with Crippen LogP contribution in [0.25, 0.3) is 0 Å². The van der Waals surface area contributed by atoms with Crippen molar-refractivity contribution in [1.29, 1.82) is 0 Å². The first-order valence-corrected chi connectivity index (χ1v) is 12.6. The molecule has 0 aliphatic carbocycles. The number of benzene rings is 2. The number of methoxy groups -OCH3 is 1. The molecule has 0 aliphatic rings. The highest BCUT2D eigenvalue weighted by atomic mass is 32.2. The average Bonchev–Trinajstić information content (AvgIpc) is 2.86. The summed E-state index contributed by atoms with van der Waals surface area (Å²) in [6.07, 6.45) is -0.453. The predicted molar refractivity (Wildman–Crippen MR) is 132 cm³/mol. The zero-order valence-corrected chi connectivity index (χ0v) is 20.7. The summed E-state index contributed by atoms with van der Waals surface area (Å²) >= 11 is 0. The Bertz CT molecular complexity index is 1270. The minimum absolute atomic E-state index is 0.0494. The zero-order valence-electron chi connectivity index (χ0n) is 19.9. The van der Waals surface area contributed by atoms with Crippen LogP contribution in [0.1, 0.15) is 40.2 Å². The minimum atomic E-state index is -4.07. The number of carbonyl (C=O) groups excluding carboxylic acids is 2. The molecule has 0 radical (unpaired) electrons. The molecule has 1 atom stereocenters. The summed E-state index contributed by atoms with van der Waals surface area (Å²) in [5.41, 5.74) is 1.78. The van der Waals surface area contributed by atoms with E-state index in [4.69, 9.17) is 9.47 Å². The van der Waals surface area contributed by atoms with E-state index in [1.54, 1.807) is 55.5 Å². The molecule has 1 unspecified atom stereocenters. The van der Waals surface area contributed by atoms with Crippen LogP contribution in [0, 0.1) is 6.92 Å². The second-order valence-electron chi connectivity index (χ2n) is 7.79. The fourth-order valence-corrected chi connectivity index (χ4v) is 5.16. The molecular formula is C26H28N2O6S. The minimum Gasteiger partial charge on any atom is -0.481 e. The molecule has 0 amide bonds. The van der Waals surface area contributed by atoms with E-state index in [9.17, 15) is 18.0 Å². The van der Waals surface area contributed by atoms with Gasteiger partial charge in [-0.2, -0.15) is 0 Å². The number of ether oxygens (including phenoxy) is 2. The van der Waals surface area contributed by atoms with Crippen LogP contribution in [0.3, 0.4) is 0 Å². The van der Waals surface area contributed by atoms with Gasteiger partial charge in [0.1, 0.15) is 5.25 Å². The van der Waals surface area contributed by atoms with Crippen LogP contribution in [0.5, 0.6) is 5.88 Å². The summed E-state index contributed by atoms with van der Waals surface area (Å²) < 4.78 is 37.7. The summed E-state index contributed by atoms with van der Waals surface area (Å²) in [5.74, 6) is -0.687. The van der Waals surface area contributed by atoms with Crippen molar-refractivity contribution in [3.05, 3.63) is 83.6 Å². The summed E-state index contributed by atoms with van der Waals surface area (Å²) in [7, 11) is -2.66. The van der Waals surface area contributed by atoms with Crippen molar-refractivity contribution in [1.82, 2.24) is 4.98 Å². The number of hydrogen-bond acceptors (Lipinski definition) is 8. The van der Waals surface area contributed by atoms with E-state index >= 15 is 0 Å². The molecule has 184 valence electrons. The standard InChI is InChI=1S/C26H28N2O6S/c1-4-34-25(30)16-23(35(31,32)20-12-10-18(2)11-13-20)26-21(14-15-24(28-26)33-3)27-17-22(29)19-8-6-5-7-9-19/h5-15,23,27H,4,16-17H2,1-3H3. The van der Waals surface area contributed by atoms with Crippen molar-refractivity contribution in [3.63, 3.8) is 0 Å². The van der Waals surface area contributed by atoms with E-state index in [1.165, 1.54) is 19.2 Å². The molecule has 0 bridgehead atoms. The number of esters is 1. The van der Waals surface area contributed by atoms with Crippen LogP contribution in [-0.2, 0) is 19.4 Å². The van der Waals surface area contributed by atoms with Crippen LogP contribution < -0.4 is 10.1 Å². The van der Waals surface area contributed by atoms with Crippen LogP contribution >= 0.6 is 0 Å². The van der Waals surface area contributed by atoms with Crippen molar-refractivity contribution < 1.29 is 27.5 Å². The third-order valence-electron chi connectivity index (χ3n) is 5.33. The second kappa shape index (κ2) is 11.6. The third-order valence-corrected chi connectivity index (χ3v) is 7.40. The Hall–Kier alpha value is -3.72. The summed E-state index contributed by atoms with van der Waals surface area (Å²) in [4.78, 5) is 29.5. The number of aromatic nitrogens is 1. The number of hydrogen-bond donors (Lipinski definition) is 1. The molecule has 0 spiro atoms. The highest BCUT2D eigenvalue weighted by Gasteiger charge is 2.35. The maximum atomic E-state index is 13.7. The van der Waals surface area contributed by atoms with Crippen molar-refractivity contribution in [2.75, 3.05) is 25.6 Å². The van der Waals surface area contributed by atoms with Gasteiger partial charge < -0.3 is 14.8 Å². The highest BCUT2D eigenvalue weighted by Crippen LogP contribution is 2.36. The number of aryl methyl sites for hydroxylation is 1. The second-order valence-corrected chi connectivity index (χ2v) is 9.92. The molecular weight excluding hydrogens is 468 g/mol. The third kappa shape index (κ3) is 6.45. The van der Waals surface area contributed by atoms with E-state index < -0.39 is 27.5 Å². The Morgan fingerprint density at radius 2 is 1.69 bits per heavy atom. The number of nitrogens with one attached hydrogen (secondary N) is 1.